The van der Waals surface area contributed by atoms with E-state index in [1.54, 1.807) is 41.5 Å². The first-order chi connectivity index (χ1) is 10.3. The predicted molar refractivity (Wildman–Crippen MR) is 87.5 cm³/mol. The maximum absolute atomic E-state index is 12.3. The van der Waals surface area contributed by atoms with Gasteiger partial charge in [0.15, 0.2) is 0 Å². The van der Waals surface area contributed by atoms with Gasteiger partial charge >= 0.3 is 11.9 Å². The average molecular weight is 325 g/mol. The van der Waals surface area contributed by atoms with Crippen LogP contribution in [0, 0.1) is 0 Å². The Labute approximate surface area is 137 Å². The van der Waals surface area contributed by atoms with E-state index in [4.69, 9.17) is 9.47 Å². The Bertz CT molecular complexity index is 542. The minimum Gasteiger partial charge on any atom is -0.512 e. The molecule has 1 N–H and O–H groups in total. The number of aliphatic hydroxyl groups excluding tert-OH is 1. The molecule has 1 heterocycles. The number of carbonyl (C=O) groups excluding carboxylic acids is 2. The Morgan fingerprint density at radius 2 is 1.61 bits per heavy atom. The second-order valence-corrected chi connectivity index (χ2v) is 7.63. The third kappa shape index (κ3) is 6.04. The van der Waals surface area contributed by atoms with Crippen molar-refractivity contribution in [1.29, 1.82) is 0 Å². The summed E-state index contributed by atoms with van der Waals surface area (Å²) in [5.41, 5.74) is -0.853. The fraction of sp³-hybridized carbons (Fsp3) is 0.706. The summed E-state index contributed by atoms with van der Waals surface area (Å²) in [5.74, 6) is -1.23. The summed E-state index contributed by atoms with van der Waals surface area (Å²) >= 11 is 0. The quantitative estimate of drug-likeness (QED) is 0.489. The van der Waals surface area contributed by atoms with E-state index in [-0.39, 0.29) is 11.3 Å². The number of rotatable bonds is 3. The first kappa shape index (κ1) is 19.2. The van der Waals surface area contributed by atoms with Crippen molar-refractivity contribution in [2.24, 2.45) is 4.99 Å². The van der Waals surface area contributed by atoms with Gasteiger partial charge in [-0.05, 0) is 61.3 Å². The number of nitrogens with zero attached hydrogens (tertiary/aromatic N) is 1. The minimum absolute atomic E-state index is 0.0333. The van der Waals surface area contributed by atoms with Crippen molar-refractivity contribution in [2.75, 3.05) is 0 Å². The van der Waals surface area contributed by atoms with Gasteiger partial charge in [0.25, 0.3) is 0 Å². The Kier molecular flexibility index (Phi) is 5.61. The summed E-state index contributed by atoms with van der Waals surface area (Å²) < 4.78 is 10.6. The van der Waals surface area contributed by atoms with E-state index < -0.39 is 29.2 Å². The van der Waals surface area contributed by atoms with Gasteiger partial charge < -0.3 is 14.6 Å². The van der Waals surface area contributed by atoms with Crippen LogP contribution in [0.5, 0.6) is 0 Å². The summed E-state index contributed by atoms with van der Waals surface area (Å²) in [4.78, 5) is 28.6. The predicted octanol–water partition coefficient (Wildman–Crippen LogP) is 3.11. The molecule has 0 aromatic carbocycles. The van der Waals surface area contributed by atoms with E-state index in [1.165, 1.54) is 6.92 Å². The highest BCUT2D eigenvalue weighted by molar-refractivity contribution is 6.21. The number of hydrogen-bond acceptors (Lipinski definition) is 6. The second-order valence-electron chi connectivity index (χ2n) is 7.63. The third-order valence-corrected chi connectivity index (χ3v) is 2.90. The number of hydrogen-bond donors (Lipinski definition) is 1. The smallest absolute Gasteiger partial charge is 0.343 e. The molecule has 1 aliphatic heterocycles. The number of esters is 2. The third-order valence-electron chi connectivity index (χ3n) is 2.90. The summed E-state index contributed by atoms with van der Waals surface area (Å²) in [5, 5.41) is 9.83. The molecule has 1 atom stereocenters. The molecule has 0 fully saturated rings. The van der Waals surface area contributed by atoms with Gasteiger partial charge in [0.1, 0.15) is 28.6 Å². The van der Waals surface area contributed by atoms with Gasteiger partial charge in [-0.15, -0.1) is 0 Å². The van der Waals surface area contributed by atoms with Crippen LogP contribution < -0.4 is 0 Å². The number of allylic oxidation sites excluding steroid dienone is 1. The number of carbonyl (C=O) groups is 2. The first-order valence-electron chi connectivity index (χ1n) is 7.73. The molecule has 0 unspecified atom stereocenters. The molecule has 1 aliphatic rings. The molecular formula is C17H27NO5. The molecule has 0 radical (unpaired) electrons. The zero-order valence-electron chi connectivity index (χ0n) is 15.0. The lowest BCUT2D eigenvalue weighted by molar-refractivity contribution is -0.156. The lowest BCUT2D eigenvalue weighted by Crippen LogP contribution is -2.30. The number of aliphatic hydroxyl groups is 1. The fourth-order valence-electron chi connectivity index (χ4n) is 2.12. The Hall–Kier alpha value is -1.85. The van der Waals surface area contributed by atoms with Gasteiger partial charge in [-0.1, -0.05) is 0 Å². The van der Waals surface area contributed by atoms with Gasteiger partial charge in [-0.3, -0.25) is 4.99 Å². The van der Waals surface area contributed by atoms with Crippen molar-refractivity contribution in [1.82, 2.24) is 0 Å². The van der Waals surface area contributed by atoms with Crippen molar-refractivity contribution in [3.63, 3.8) is 0 Å². The monoisotopic (exact) mass is 325 g/mol. The van der Waals surface area contributed by atoms with Crippen LogP contribution in [0.25, 0.3) is 0 Å². The lowest BCUT2D eigenvalue weighted by Gasteiger charge is -2.21. The molecular weight excluding hydrogens is 298 g/mol. The van der Waals surface area contributed by atoms with Crippen molar-refractivity contribution >= 4 is 17.7 Å². The van der Waals surface area contributed by atoms with Gasteiger partial charge in [0, 0.05) is 0 Å². The van der Waals surface area contributed by atoms with Gasteiger partial charge in [0.2, 0.25) is 0 Å². The topological polar surface area (TPSA) is 85.2 Å². The molecule has 0 aromatic rings. The molecule has 130 valence electrons. The molecule has 6 nitrogen and oxygen atoms in total. The molecule has 0 aliphatic carbocycles. The van der Waals surface area contributed by atoms with Crippen molar-refractivity contribution in [2.45, 2.75) is 78.6 Å². The molecule has 6 heteroatoms. The largest absolute Gasteiger partial charge is 0.512 e. The first-order valence-corrected chi connectivity index (χ1v) is 7.73. The maximum atomic E-state index is 12.3. The summed E-state index contributed by atoms with van der Waals surface area (Å²) in [7, 11) is 0. The highest BCUT2D eigenvalue weighted by atomic mass is 16.6. The van der Waals surface area contributed by atoms with Crippen molar-refractivity contribution in [3.8, 4) is 0 Å². The Balaban J connectivity index is 2.95. The molecule has 23 heavy (non-hydrogen) atoms. The van der Waals surface area contributed by atoms with Crippen LogP contribution in [0.1, 0.15) is 61.3 Å². The summed E-state index contributed by atoms with van der Waals surface area (Å²) in [6, 6.07) is -0.652. The highest BCUT2D eigenvalue weighted by Gasteiger charge is 2.33. The number of aliphatic imine (C=N–C) groups is 1. The molecule has 0 saturated carbocycles. The zero-order chi connectivity index (χ0) is 18.0. The van der Waals surface area contributed by atoms with Gasteiger partial charge in [-0.2, -0.15) is 0 Å². The van der Waals surface area contributed by atoms with E-state index in [0.29, 0.717) is 18.6 Å². The summed E-state index contributed by atoms with van der Waals surface area (Å²) in [6.45, 7) is 12.0. The average Bonchev–Trinajstić information content (AvgIpc) is 2.72. The standard InChI is InChI=1S/C17H27NO5/c1-10(19)13(15(21)23-17(5,6)7)11-8-9-12(18-11)14(20)22-16(2,3)4/h12,19H,8-9H2,1-7H3/b13-10-/t12-/m0/s1. The van der Waals surface area contributed by atoms with Crippen LogP contribution in [0.2, 0.25) is 0 Å². The van der Waals surface area contributed by atoms with Crippen LogP contribution >= 0.6 is 0 Å². The molecule has 0 saturated heterocycles. The van der Waals surface area contributed by atoms with Gasteiger partial charge in [-0.25, -0.2) is 9.59 Å². The molecule has 0 aromatic heterocycles. The van der Waals surface area contributed by atoms with Crippen molar-refractivity contribution < 1.29 is 24.2 Å². The lowest BCUT2D eigenvalue weighted by atomic mass is 10.1. The van der Waals surface area contributed by atoms with E-state index in [2.05, 4.69) is 4.99 Å². The van der Waals surface area contributed by atoms with Crippen LogP contribution in [0.4, 0.5) is 0 Å². The Morgan fingerprint density at radius 1 is 1.09 bits per heavy atom. The van der Waals surface area contributed by atoms with Crippen LogP contribution in [0.15, 0.2) is 16.3 Å². The SMILES string of the molecule is C/C(O)=C(/C(=O)OC(C)(C)C)C1=N[C@H](C(=O)OC(C)(C)C)CC1. The minimum atomic E-state index is -0.679. The molecule has 0 spiro atoms. The number of ether oxygens (including phenoxy) is 2. The van der Waals surface area contributed by atoms with Crippen LogP contribution in [-0.4, -0.2) is 40.0 Å². The van der Waals surface area contributed by atoms with Gasteiger partial charge in [0.05, 0.1) is 5.71 Å². The maximum Gasteiger partial charge on any atom is 0.343 e. The normalized spacial score (nSPS) is 19.8. The van der Waals surface area contributed by atoms with E-state index in [9.17, 15) is 14.7 Å². The highest BCUT2D eigenvalue weighted by Crippen LogP contribution is 2.24. The van der Waals surface area contributed by atoms with Crippen LogP contribution in [-0.2, 0) is 19.1 Å². The molecule has 0 bridgehead atoms. The van der Waals surface area contributed by atoms with E-state index >= 15 is 0 Å². The Morgan fingerprint density at radius 3 is 2.04 bits per heavy atom. The van der Waals surface area contributed by atoms with E-state index in [0.717, 1.165) is 0 Å². The molecule has 0 amide bonds. The van der Waals surface area contributed by atoms with Crippen LogP contribution in [0.3, 0.4) is 0 Å². The second kappa shape index (κ2) is 6.72. The summed E-state index contributed by atoms with van der Waals surface area (Å²) in [6.07, 6.45) is 0.861. The molecule has 1 rings (SSSR count). The fourth-order valence-corrected chi connectivity index (χ4v) is 2.12. The van der Waals surface area contributed by atoms with Crippen molar-refractivity contribution in [3.05, 3.63) is 11.3 Å². The van der Waals surface area contributed by atoms with E-state index in [1.807, 2.05) is 0 Å². The zero-order valence-corrected chi connectivity index (χ0v) is 15.0.